The zero-order valence-corrected chi connectivity index (χ0v) is 14.5. The molecule has 1 aromatic heterocycles. The Morgan fingerprint density at radius 2 is 2.18 bits per heavy atom. The molecule has 22 heavy (non-hydrogen) atoms. The van der Waals surface area contributed by atoms with Crippen molar-refractivity contribution in [3.8, 4) is 0 Å². The highest BCUT2D eigenvalue weighted by molar-refractivity contribution is 7.13. The molecular formula is C15H26N4O2S. The van der Waals surface area contributed by atoms with Gasteiger partial charge in [-0.1, -0.05) is 6.92 Å². The van der Waals surface area contributed by atoms with Crippen molar-refractivity contribution in [2.24, 2.45) is 0 Å². The number of thiazole rings is 1. The Balaban J connectivity index is 1.79. The molecule has 1 fully saturated rings. The first-order valence-corrected chi connectivity index (χ1v) is 8.69. The maximum absolute atomic E-state index is 12.4. The van der Waals surface area contributed by atoms with Crippen LogP contribution >= 0.6 is 11.3 Å². The third-order valence-corrected chi connectivity index (χ3v) is 4.88. The number of carbonyl (C=O) groups excluding carboxylic acids is 1. The number of amides is 1. The predicted octanol–water partition coefficient (Wildman–Crippen LogP) is 1.15. The highest BCUT2D eigenvalue weighted by Gasteiger charge is 2.23. The van der Waals surface area contributed by atoms with Gasteiger partial charge < -0.3 is 14.5 Å². The van der Waals surface area contributed by atoms with Crippen LogP contribution in [0.4, 0.5) is 5.13 Å². The number of anilines is 1. The quantitative estimate of drug-likeness (QED) is 0.752. The number of ether oxygens (including phenoxy) is 1. The standard InChI is InChI=1S/C15H26N4O2S/c1-4-17(11-13(2)21-3)12-14(20)18-6-8-19(9-7-18)15-16-5-10-22-15/h5,10,13H,4,6-9,11-12H2,1-3H3. The highest BCUT2D eigenvalue weighted by atomic mass is 32.1. The van der Waals surface area contributed by atoms with E-state index < -0.39 is 0 Å². The summed E-state index contributed by atoms with van der Waals surface area (Å²) in [5.41, 5.74) is 0. The Hall–Kier alpha value is -1.18. The Morgan fingerprint density at radius 3 is 2.73 bits per heavy atom. The van der Waals surface area contributed by atoms with Crippen LogP contribution in [-0.2, 0) is 9.53 Å². The molecular weight excluding hydrogens is 300 g/mol. The first-order chi connectivity index (χ1) is 10.6. The second-order valence-electron chi connectivity index (χ2n) is 5.56. The van der Waals surface area contributed by atoms with Crippen molar-refractivity contribution in [3.05, 3.63) is 11.6 Å². The molecule has 0 radical (unpaired) electrons. The van der Waals surface area contributed by atoms with Crippen molar-refractivity contribution < 1.29 is 9.53 Å². The van der Waals surface area contributed by atoms with Gasteiger partial charge >= 0.3 is 0 Å². The summed E-state index contributed by atoms with van der Waals surface area (Å²) in [6.07, 6.45) is 1.97. The summed E-state index contributed by atoms with van der Waals surface area (Å²) >= 11 is 1.65. The smallest absolute Gasteiger partial charge is 0.236 e. The van der Waals surface area contributed by atoms with E-state index in [9.17, 15) is 4.79 Å². The molecule has 0 aromatic carbocycles. The van der Waals surface area contributed by atoms with Crippen LogP contribution in [-0.4, -0.2) is 79.7 Å². The number of hydrogen-bond donors (Lipinski definition) is 0. The van der Waals surface area contributed by atoms with Gasteiger partial charge in [0, 0.05) is 51.4 Å². The summed E-state index contributed by atoms with van der Waals surface area (Å²) in [5, 5.41) is 3.04. The fourth-order valence-corrected chi connectivity index (χ4v) is 3.25. The lowest BCUT2D eigenvalue weighted by atomic mass is 10.3. The van der Waals surface area contributed by atoms with Gasteiger partial charge in [-0.25, -0.2) is 4.98 Å². The highest BCUT2D eigenvalue weighted by Crippen LogP contribution is 2.18. The molecule has 7 heteroatoms. The topological polar surface area (TPSA) is 48.9 Å². The lowest BCUT2D eigenvalue weighted by Gasteiger charge is -2.35. The first kappa shape index (κ1) is 17.2. The van der Waals surface area contributed by atoms with Gasteiger partial charge in [-0.3, -0.25) is 9.69 Å². The van der Waals surface area contributed by atoms with Gasteiger partial charge in [-0.2, -0.15) is 0 Å². The number of rotatable bonds is 7. The maximum Gasteiger partial charge on any atom is 0.236 e. The summed E-state index contributed by atoms with van der Waals surface area (Å²) in [6.45, 7) is 9.50. The van der Waals surface area contributed by atoms with Crippen molar-refractivity contribution in [2.45, 2.75) is 20.0 Å². The SMILES string of the molecule is CCN(CC(=O)N1CCN(c2nccs2)CC1)CC(C)OC. The normalized spacial score (nSPS) is 17.1. The molecule has 124 valence electrons. The number of nitrogens with zero attached hydrogens (tertiary/aromatic N) is 4. The van der Waals surface area contributed by atoms with E-state index >= 15 is 0 Å². The van der Waals surface area contributed by atoms with Crippen LogP contribution in [0.1, 0.15) is 13.8 Å². The molecule has 1 aromatic rings. The summed E-state index contributed by atoms with van der Waals surface area (Å²) in [4.78, 5) is 23.1. The van der Waals surface area contributed by atoms with E-state index in [0.717, 1.165) is 44.4 Å². The van der Waals surface area contributed by atoms with Gasteiger partial charge in [0.25, 0.3) is 0 Å². The van der Waals surface area contributed by atoms with Crippen molar-refractivity contribution in [1.29, 1.82) is 0 Å². The van der Waals surface area contributed by atoms with Gasteiger partial charge in [0.2, 0.25) is 5.91 Å². The van der Waals surface area contributed by atoms with E-state index in [1.165, 1.54) is 0 Å². The van der Waals surface area contributed by atoms with Gasteiger partial charge in [-0.15, -0.1) is 11.3 Å². The van der Waals surface area contributed by atoms with Gasteiger partial charge in [0.15, 0.2) is 5.13 Å². The predicted molar refractivity (Wildman–Crippen MR) is 89.5 cm³/mol. The molecule has 1 atom stereocenters. The van der Waals surface area contributed by atoms with Crippen LogP contribution in [0.5, 0.6) is 0 Å². The van der Waals surface area contributed by atoms with Crippen LogP contribution in [0.15, 0.2) is 11.6 Å². The lowest BCUT2D eigenvalue weighted by molar-refractivity contribution is -0.133. The zero-order chi connectivity index (χ0) is 15.9. The molecule has 1 unspecified atom stereocenters. The van der Waals surface area contributed by atoms with Crippen LogP contribution in [0, 0.1) is 0 Å². The van der Waals surface area contributed by atoms with Crippen molar-refractivity contribution in [2.75, 3.05) is 57.8 Å². The monoisotopic (exact) mass is 326 g/mol. The van der Waals surface area contributed by atoms with Gasteiger partial charge in [-0.05, 0) is 13.5 Å². The lowest BCUT2D eigenvalue weighted by Crippen LogP contribution is -2.51. The Morgan fingerprint density at radius 1 is 1.45 bits per heavy atom. The molecule has 0 aliphatic carbocycles. The van der Waals surface area contributed by atoms with E-state index in [1.54, 1.807) is 18.4 Å². The molecule has 2 heterocycles. The summed E-state index contributed by atoms with van der Waals surface area (Å²) in [7, 11) is 1.71. The third kappa shape index (κ3) is 4.66. The average Bonchev–Trinajstić information content (AvgIpc) is 3.08. The molecule has 1 aliphatic heterocycles. The zero-order valence-electron chi connectivity index (χ0n) is 13.7. The molecule has 0 saturated carbocycles. The molecule has 1 amide bonds. The molecule has 0 bridgehead atoms. The molecule has 1 saturated heterocycles. The molecule has 6 nitrogen and oxygen atoms in total. The molecule has 2 rings (SSSR count). The first-order valence-electron chi connectivity index (χ1n) is 7.81. The summed E-state index contributed by atoms with van der Waals surface area (Å²) < 4.78 is 5.29. The van der Waals surface area contributed by atoms with E-state index in [1.807, 2.05) is 23.4 Å². The number of carbonyl (C=O) groups is 1. The van der Waals surface area contributed by atoms with E-state index in [0.29, 0.717) is 6.54 Å². The Bertz CT molecular complexity index is 446. The van der Waals surface area contributed by atoms with Crippen molar-refractivity contribution in [3.63, 3.8) is 0 Å². The third-order valence-electron chi connectivity index (χ3n) is 4.05. The van der Waals surface area contributed by atoms with Crippen LogP contribution in [0.25, 0.3) is 0 Å². The van der Waals surface area contributed by atoms with E-state index in [-0.39, 0.29) is 12.0 Å². The van der Waals surface area contributed by atoms with Gasteiger partial charge in [0.05, 0.1) is 12.6 Å². The van der Waals surface area contributed by atoms with Crippen LogP contribution < -0.4 is 4.90 Å². The fourth-order valence-electron chi connectivity index (χ4n) is 2.55. The minimum absolute atomic E-state index is 0.148. The van der Waals surface area contributed by atoms with E-state index in [4.69, 9.17) is 4.74 Å². The maximum atomic E-state index is 12.4. The number of hydrogen-bond acceptors (Lipinski definition) is 6. The number of methoxy groups -OCH3 is 1. The van der Waals surface area contributed by atoms with Crippen molar-refractivity contribution in [1.82, 2.24) is 14.8 Å². The second-order valence-corrected chi connectivity index (χ2v) is 6.43. The van der Waals surface area contributed by atoms with Gasteiger partial charge in [0.1, 0.15) is 0 Å². The number of aromatic nitrogens is 1. The van der Waals surface area contributed by atoms with E-state index in [2.05, 4.69) is 21.7 Å². The Kier molecular flexibility index (Phi) is 6.60. The summed E-state index contributed by atoms with van der Waals surface area (Å²) in [5.74, 6) is 0.212. The van der Waals surface area contributed by atoms with Crippen LogP contribution in [0.2, 0.25) is 0 Å². The number of piperazine rings is 1. The molecule has 0 N–H and O–H groups in total. The largest absolute Gasteiger partial charge is 0.380 e. The van der Waals surface area contributed by atoms with Crippen molar-refractivity contribution >= 4 is 22.4 Å². The Labute approximate surface area is 136 Å². The van der Waals surface area contributed by atoms with Crippen LogP contribution in [0.3, 0.4) is 0 Å². The summed E-state index contributed by atoms with van der Waals surface area (Å²) in [6, 6.07) is 0. The second kappa shape index (κ2) is 8.45. The fraction of sp³-hybridized carbons (Fsp3) is 0.733. The minimum Gasteiger partial charge on any atom is -0.380 e. The molecule has 0 spiro atoms. The minimum atomic E-state index is 0.148. The number of likely N-dealkylation sites (N-methyl/N-ethyl adjacent to an activating group) is 1. The molecule has 1 aliphatic rings. The average molecular weight is 326 g/mol.